The number of alkyl halides is 1. The quantitative estimate of drug-likeness (QED) is 0.557. The topological polar surface area (TPSA) is 12.5 Å². The molecule has 66 valence electrons. The van der Waals surface area contributed by atoms with Gasteiger partial charge >= 0.3 is 0 Å². The number of hydrogen-bond acceptors (Lipinski definition) is 2. The Morgan fingerprint density at radius 1 is 1.36 bits per heavy atom. The van der Waals surface area contributed by atoms with Crippen molar-refractivity contribution in [3.05, 3.63) is 0 Å². The van der Waals surface area contributed by atoms with Gasteiger partial charge in [-0.25, -0.2) is 0 Å². The van der Waals surface area contributed by atoms with E-state index in [4.69, 9.17) is 4.74 Å². The van der Waals surface area contributed by atoms with Crippen LogP contribution in [0.2, 0.25) is 0 Å². The lowest BCUT2D eigenvalue weighted by atomic mass is 10.2. The van der Waals surface area contributed by atoms with E-state index in [1.807, 2.05) is 0 Å². The molecule has 0 N–H and O–H groups in total. The fourth-order valence-corrected chi connectivity index (χ4v) is 2.27. The molecule has 0 spiro atoms. The second kappa shape index (κ2) is 4.62. The van der Waals surface area contributed by atoms with Gasteiger partial charge in [-0.3, -0.25) is 4.90 Å². The van der Waals surface area contributed by atoms with Crippen LogP contribution in [0.15, 0.2) is 0 Å². The van der Waals surface area contributed by atoms with Gasteiger partial charge in [0.15, 0.2) is 0 Å². The van der Waals surface area contributed by atoms with Gasteiger partial charge in [0.2, 0.25) is 0 Å². The Morgan fingerprint density at radius 2 is 1.91 bits per heavy atom. The average molecular weight is 269 g/mol. The van der Waals surface area contributed by atoms with Crippen molar-refractivity contribution >= 4 is 22.6 Å². The van der Waals surface area contributed by atoms with Gasteiger partial charge in [0, 0.05) is 24.1 Å². The minimum atomic E-state index is 0.418. The lowest BCUT2D eigenvalue weighted by Crippen LogP contribution is -2.45. The summed E-state index contributed by atoms with van der Waals surface area (Å²) in [6, 6.07) is 0. The average Bonchev–Trinajstić information content (AvgIpc) is 1.85. The predicted molar refractivity (Wildman–Crippen MR) is 55.3 cm³/mol. The van der Waals surface area contributed by atoms with Gasteiger partial charge < -0.3 is 4.74 Å². The van der Waals surface area contributed by atoms with Gasteiger partial charge in [-0.1, -0.05) is 22.6 Å². The molecule has 1 rings (SSSR count). The van der Waals surface area contributed by atoms with E-state index in [1.54, 1.807) is 0 Å². The molecule has 0 unspecified atom stereocenters. The minimum absolute atomic E-state index is 0.418. The van der Waals surface area contributed by atoms with Crippen molar-refractivity contribution in [2.45, 2.75) is 26.1 Å². The van der Waals surface area contributed by atoms with E-state index in [-0.39, 0.29) is 0 Å². The zero-order chi connectivity index (χ0) is 8.27. The van der Waals surface area contributed by atoms with Gasteiger partial charge in [-0.15, -0.1) is 0 Å². The van der Waals surface area contributed by atoms with Crippen LogP contribution < -0.4 is 0 Å². The molecule has 1 aliphatic heterocycles. The largest absolute Gasteiger partial charge is 0.373 e. The molecule has 1 fully saturated rings. The van der Waals surface area contributed by atoms with E-state index < -0.39 is 0 Å². The third-order valence-corrected chi connectivity index (χ3v) is 2.38. The van der Waals surface area contributed by atoms with Gasteiger partial charge in [-0.05, 0) is 13.8 Å². The minimum Gasteiger partial charge on any atom is -0.373 e. The molecule has 0 aromatic heterocycles. The van der Waals surface area contributed by atoms with Gasteiger partial charge in [-0.2, -0.15) is 0 Å². The normalized spacial score (nSPS) is 34.1. The highest BCUT2D eigenvalue weighted by molar-refractivity contribution is 14.1. The Balaban J connectivity index is 2.30. The summed E-state index contributed by atoms with van der Waals surface area (Å²) in [6.07, 6.45) is 0.836. The van der Waals surface area contributed by atoms with Crippen LogP contribution in [0.4, 0.5) is 0 Å². The molecule has 1 heterocycles. The molecule has 1 aliphatic rings. The van der Waals surface area contributed by atoms with E-state index in [1.165, 1.54) is 11.0 Å². The maximum Gasteiger partial charge on any atom is 0.0678 e. The van der Waals surface area contributed by atoms with Crippen LogP contribution in [0.25, 0.3) is 0 Å². The third-order valence-electron chi connectivity index (χ3n) is 1.90. The van der Waals surface area contributed by atoms with Crippen LogP contribution in [0.5, 0.6) is 0 Å². The van der Waals surface area contributed by atoms with E-state index in [0.717, 1.165) is 13.1 Å². The van der Waals surface area contributed by atoms with E-state index in [2.05, 4.69) is 41.3 Å². The highest BCUT2D eigenvalue weighted by Gasteiger charge is 2.20. The maximum absolute atomic E-state index is 5.62. The van der Waals surface area contributed by atoms with Crippen molar-refractivity contribution in [2.24, 2.45) is 0 Å². The monoisotopic (exact) mass is 269 g/mol. The number of nitrogens with zero attached hydrogens (tertiary/aromatic N) is 1. The van der Waals surface area contributed by atoms with E-state index in [0.29, 0.717) is 12.2 Å². The molecule has 0 radical (unpaired) electrons. The highest BCUT2D eigenvalue weighted by Crippen LogP contribution is 2.10. The first-order valence-corrected chi connectivity index (χ1v) is 5.68. The van der Waals surface area contributed by atoms with E-state index >= 15 is 0 Å². The molecule has 2 atom stereocenters. The Bertz CT molecular complexity index is 111. The summed E-state index contributed by atoms with van der Waals surface area (Å²) in [5, 5.41) is 0. The van der Waals surface area contributed by atoms with Crippen molar-refractivity contribution in [1.29, 1.82) is 0 Å². The molecular formula is C8H16INO. The standard InChI is InChI=1S/C8H16INO/c1-7-5-10(4-3-9)6-8(2)11-7/h7-8H,3-6H2,1-2H3/t7-,8+. The van der Waals surface area contributed by atoms with Crippen LogP contribution in [0.3, 0.4) is 0 Å². The van der Waals surface area contributed by atoms with Crippen molar-refractivity contribution in [2.75, 3.05) is 24.1 Å². The van der Waals surface area contributed by atoms with Crippen molar-refractivity contribution in [3.63, 3.8) is 0 Å². The second-order valence-corrected chi connectivity index (χ2v) is 4.28. The lowest BCUT2D eigenvalue weighted by molar-refractivity contribution is -0.0659. The van der Waals surface area contributed by atoms with Gasteiger partial charge in [0.05, 0.1) is 12.2 Å². The molecule has 0 bridgehead atoms. The molecule has 3 heteroatoms. The molecular weight excluding hydrogens is 253 g/mol. The first-order valence-electron chi connectivity index (χ1n) is 4.16. The van der Waals surface area contributed by atoms with Crippen LogP contribution in [-0.4, -0.2) is 41.2 Å². The number of ether oxygens (including phenoxy) is 1. The van der Waals surface area contributed by atoms with Crippen molar-refractivity contribution in [3.8, 4) is 0 Å². The molecule has 1 saturated heterocycles. The number of halogens is 1. The summed E-state index contributed by atoms with van der Waals surface area (Å²) in [7, 11) is 0. The summed E-state index contributed by atoms with van der Waals surface area (Å²) in [4.78, 5) is 2.48. The second-order valence-electron chi connectivity index (χ2n) is 3.21. The number of hydrogen-bond donors (Lipinski definition) is 0. The summed E-state index contributed by atoms with van der Waals surface area (Å²) < 4.78 is 6.84. The van der Waals surface area contributed by atoms with E-state index in [9.17, 15) is 0 Å². The fourth-order valence-electron chi connectivity index (χ4n) is 1.59. The Hall–Kier alpha value is 0.650. The Morgan fingerprint density at radius 3 is 2.36 bits per heavy atom. The van der Waals surface area contributed by atoms with Crippen molar-refractivity contribution < 1.29 is 4.74 Å². The first kappa shape index (κ1) is 9.74. The Kier molecular flexibility index (Phi) is 4.09. The molecule has 0 aromatic rings. The summed E-state index contributed by atoms with van der Waals surface area (Å²) >= 11 is 2.42. The number of rotatable bonds is 2. The van der Waals surface area contributed by atoms with Crippen LogP contribution in [-0.2, 0) is 4.74 Å². The zero-order valence-corrected chi connectivity index (χ0v) is 9.37. The van der Waals surface area contributed by atoms with Crippen LogP contribution in [0, 0.1) is 0 Å². The lowest BCUT2D eigenvalue weighted by Gasteiger charge is -2.34. The summed E-state index contributed by atoms with van der Waals surface area (Å²) in [5.41, 5.74) is 0. The third kappa shape index (κ3) is 3.25. The van der Waals surface area contributed by atoms with Gasteiger partial charge in [0.1, 0.15) is 0 Å². The molecule has 11 heavy (non-hydrogen) atoms. The van der Waals surface area contributed by atoms with Gasteiger partial charge in [0.25, 0.3) is 0 Å². The fraction of sp³-hybridized carbons (Fsp3) is 1.00. The highest BCUT2D eigenvalue weighted by atomic mass is 127. The molecule has 0 amide bonds. The zero-order valence-electron chi connectivity index (χ0n) is 7.22. The van der Waals surface area contributed by atoms with Crippen LogP contribution in [0.1, 0.15) is 13.8 Å². The molecule has 0 aromatic carbocycles. The Labute approximate surface area is 82.4 Å². The molecule has 0 saturated carbocycles. The summed E-state index contributed by atoms with van der Waals surface area (Å²) in [6.45, 7) is 7.71. The molecule has 2 nitrogen and oxygen atoms in total. The first-order chi connectivity index (χ1) is 5.22. The maximum atomic E-state index is 5.62. The predicted octanol–water partition coefficient (Wildman–Crippen LogP) is 1.53. The smallest absolute Gasteiger partial charge is 0.0678 e. The summed E-state index contributed by atoms with van der Waals surface area (Å²) in [5.74, 6) is 0. The van der Waals surface area contributed by atoms with Crippen molar-refractivity contribution in [1.82, 2.24) is 4.90 Å². The van der Waals surface area contributed by atoms with Crippen LogP contribution >= 0.6 is 22.6 Å². The SMILES string of the molecule is C[C@@H]1CN(CCI)C[C@H](C)O1. The number of morpholine rings is 1. The molecule has 0 aliphatic carbocycles.